The standard InChI is InChI=1S/C15H13BrN4/c1-10-7-15(19-11(2)18-10)20-9-13(8-17-20)12-3-5-14(16)6-4-12/h3-9H,1-2H3. The average molecular weight is 329 g/mol. The summed E-state index contributed by atoms with van der Waals surface area (Å²) in [7, 11) is 0. The molecule has 0 spiro atoms. The van der Waals surface area contributed by atoms with Crippen molar-refractivity contribution in [3.8, 4) is 16.9 Å². The topological polar surface area (TPSA) is 43.6 Å². The highest BCUT2D eigenvalue weighted by molar-refractivity contribution is 9.10. The third kappa shape index (κ3) is 2.63. The van der Waals surface area contributed by atoms with Crippen LogP contribution in [0.15, 0.2) is 47.2 Å². The maximum Gasteiger partial charge on any atom is 0.157 e. The largest absolute Gasteiger partial charge is 0.238 e. The molecule has 20 heavy (non-hydrogen) atoms. The Hall–Kier alpha value is -2.01. The van der Waals surface area contributed by atoms with E-state index in [4.69, 9.17) is 0 Å². The zero-order chi connectivity index (χ0) is 14.1. The number of hydrogen-bond acceptors (Lipinski definition) is 3. The van der Waals surface area contributed by atoms with Gasteiger partial charge in [0, 0.05) is 28.0 Å². The minimum Gasteiger partial charge on any atom is -0.238 e. The fourth-order valence-electron chi connectivity index (χ4n) is 2.05. The lowest BCUT2D eigenvalue weighted by molar-refractivity contribution is 0.822. The number of aryl methyl sites for hydroxylation is 2. The molecule has 0 aliphatic heterocycles. The van der Waals surface area contributed by atoms with Crippen LogP contribution in [0.3, 0.4) is 0 Å². The number of halogens is 1. The third-order valence-electron chi connectivity index (χ3n) is 2.95. The highest BCUT2D eigenvalue weighted by atomic mass is 79.9. The molecule has 0 bridgehead atoms. The van der Waals surface area contributed by atoms with Crippen molar-refractivity contribution in [2.75, 3.05) is 0 Å². The summed E-state index contributed by atoms with van der Waals surface area (Å²) in [5.41, 5.74) is 3.13. The van der Waals surface area contributed by atoms with E-state index in [2.05, 4.69) is 43.1 Å². The molecule has 100 valence electrons. The molecule has 3 rings (SSSR count). The van der Waals surface area contributed by atoms with E-state index in [9.17, 15) is 0 Å². The summed E-state index contributed by atoms with van der Waals surface area (Å²) in [6, 6.07) is 10.1. The van der Waals surface area contributed by atoms with Crippen LogP contribution in [0.25, 0.3) is 16.9 Å². The smallest absolute Gasteiger partial charge is 0.157 e. The minimum absolute atomic E-state index is 0.751. The average Bonchev–Trinajstić information content (AvgIpc) is 2.88. The Morgan fingerprint density at radius 2 is 1.75 bits per heavy atom. The number of aromatic nitrogens is 4. The van der Waals surface area contributed by atoms with Crippen molar-refractivity contribution in [2.24, 2.45) is 0 Å². The monoisotopic (exact) mass is 328 g/mol. The molecule has 2 aromatic heterocycles. The second-order valence-corrected chi connectivity index (χ2v) is 5.51. The van der Waals surface area contributed by atoms with E-state index in [1.165, 1.54) is 0 Å². The van der Waals surface area contributed by atoms with Crippen LogP contribution in [0.4, 0.5) is 0 Å². The first-order valence-electron chi connectivity index (χ1n) is 6.25. The van der Waals surface area contributed by atoms with Crippen molar-refractivity contribution in [3.05, 3.63) is 58.7 Å². The van der Waals surface area contributed by atoms with E-state index < -0.39 is 0 Å². The zero-order valence-corrected chi connectivity index (χ0v) is 12.8. The quantitative estimate of drug-likeness (QED) is 0.720. The van der Waals surface area contributed by atoms with Crippen molar-refractivity contribution >= 4 is 15.9 Å². The molecule has 0 aliphatic carbocycles. The van der Waals surface area contributed by atoms with Crippen LogP contribution in [0.5, 0.6) is 0 Å². The number of benzene rings is 1. The van der Waals surface area contributed by atoms with E-state index >= 15 is 0 Å². The summed E-state index contributed by atoms with van der Waals surface area (Å²) in [6.07, 6.45) is 3.82. The summed E-state index contributed by atoms with van der Waals surface area (Å²) in [5.74, 6) is 1.54. The van der Waals surface area contributed by atoms with E-state index in [0.717, 1.165) is 32.9 Å². The van der Waals surface area contributed by atoms with Gasteiger partial charge in [0.25, 0.3) is 0 Å². The Morgan fingerprint density at radius 3 is 2.45 bits per heavy atom. The lowest BCUT2D eigenvalue weighted by Gasteiger charge is -2.02. The van der Waals surface area contributed by atoms with Gasteiger partial charge < -0.3 is 0 Å². The molecule has 2 heterocycles. The van der Waals surface area contributed by atoms with Crippen LogP contribution in [0, 0.1) is 13.8 Å². The third-order valence-corrected chi connectivity index (χ3v) is 3.48. The van der Waals surface area contributed by atoms with E-state index in [0.29, 0.717) is 0 Å². The van der Waals surface area contributed by atoms with Gasteiger partial charge in [-0.25, -0.2) is 14.6 Å². The number of nitrogens with zero attached hydrogens (tertiary/aromatic N) is 4. The molecule has 0 unspecified atom stereocenters. The van der Waals surface area contributed by atoms with Crippen LogP contribution in [0.2, 0.25) is 0 Å². The molecule has 1 aromatic carbocycles. The van der Waals surface area contributed by atoms with Gasteiger partial charge in [0.05, 0.1) is 6.20 Å². The molecule has 5 heteroatoms. The molecule has 0 N–H and O–H groups in total. The highest BCUT2D eigenvalue weighted by Gasteiger charge is 2.06. The Balaban J connectivity index is 1.99. The van der Waals surface area contributed by atoms with Gasteiger partial charge in [-0.2, -0.15) is 5.10 Å². The Labute approximate surface area is 125 Å². The van der Waals surface area contributed by atoms with Gasteiger partial charge >= 0.3 is 0 Å². The second-order valence-electron chi connectivity index (χ2n) is 4.60. The van der Waals surface area contributed by atoms with Crippen molar-refractivity contribution in [2.45, 2.75) is 13.8 Å². The van der Waals surface area contributed by atoms with Gasteiger partial charge in [-0.3, -0.25) is 0 Å². The van der Waals surface area contributed by atoms with Gasteiger partial charge in [0.15, 0.2) is 5.82 Å². The van der Waals surface area contributed by atoms with E-state index in [-0.39, 0.29) is 0 Å². The van der Waals surface area contributed by atoms with Gasteiger partial charge in [0.1, 0.15) is 5.82 Å². The SMILES string of the molecule is Cc1cc(-n2cc(-c3ccc(Br)cc3)cn2)nc(C)n1. The molecular formula is C15H13BrN4. The van der Waals surface area contributed by atoms with Crippen molar-refractivity contribution in [3.63, 3.8) is 0 Å². The number of rotatable bonds is 2. The normalized spacial score (nSPS) is 10.8. The molecular weight excluding hydrogens is 316 g/mol. The Morgan fingerprint density at radius 1 is 1.00 bits per heavy atom. The fourth-order valence-corrected chi connectivity index (χ4v) is 2.32. The summed E-state index contributed by atoms with van der Waals surface area (Å²) in [6.45, 7) is 3.84. The fraction of sp³-hybridized carbons (Fsp3) is 0.133. The highest BCUT2D eigenvalue weighted by Crippen LogP contribution is 2.22. The van der Waals surface area contributed by atoms with E-state index in [1.54, 1.807) is 4.68 Å². The molecule has 0 saturated heterocycles. The van der Waals surface area contributed by atoms with Crippen LogP contribution in [-0.4, -0.2) is 19.7 Å². The van der Waals surface area contributed by atoms with Crippen LogP contribution in [-0.2, 0) is 0 Å². The van der Waals surface area contributed by atoms with Crippen molar-refractivity contribution in [1.82, 2.24) is 19.7 Å². The lowest BCUT2D eigenvalue weighted by atomic mass is 10.1. The van der Waals surface area contributed by atoms with Gasteiger partial charge in [-0.05, 0) is 31.5 Å². The number of hydrogen-bond donors (Lipinski definition) is 0. The first-order valence-corrected chi connectivity index (χ1v) is 7.04. The zero-order valence-electron chi connectivity index (χ0n) is 11.2. The molecule has 4 nitrogen and oxygen atoms in total. The maximum absolute atomic E-state index is 4.41. The first kappa shape index (κ1) is 13.0. The second kappa shape index (κ2) is 5.17. The predicted octanol–water partition coefficient (Wildman–Crippen LogP) is 3.71. The molecule has 0 atom stereocenters. The van der Waals surface area contributed by atoms with Crippen LogP contribution < -0.4 is 0 Å². The predicted molar refractivity (Wildman–Crippen MR) is 81.8 cm³/mol. The van der Waals surface area contributed by atoms with Gasteiger partial charge in [-0.1, -0.05) is 28.1 Å². The van der Waals surface area contributed by atoms with Crippen LogP contribution in [0.1, 0.15) is 11.5 Å². The van der Waals surface area contributed by atoms with Crippen LogP contribution >= 0.6 is 15.9 Å². The summed E-state index contributed by atoms with van der Waals surface area (Å²) in [5, 5.41) is 4.38. The molecule has 3 aromatic rings. The van der Waals surface area contributed by atoms with Gasteiger partial charge in [0.2, 0.25) is 0 Å². The van der Waals surface area contributed by atoms with Gasteiger partial charge in [-0.15, -0.1) is 0 Å². The molecule has 0 amide bonds. The Bertz CT molecular complexity index is 727. The summed E-state index contributed by atoms with van der Waals surface area (Å²) >= 11 is 3.44. The van der Waals surface area contributed by atoms with Crippen molar-refractivity contribution < 1.29 is 0 Å². The minimum atomic E-state index is 0.751. The summed E-state index contributed by atoms with van der Waals surface area (Å²) < 4.78 is 2.84. The molecule has 0 saturated carbocycles. The molecule has 0 fully saturated rings. The molecule has 0 aliphatic rings. The van der Waals surface area contributed by atoms with E-state index in [1.807, 2.05) is 44.4 Å². The first-order chi connectivity index (χ1) is 9.61. The summed E-state index contributed by atoms with van der Waals surface area (Å²) in [4.78, 5) is 8.68. The maximum atomic E-state index is 4.41. The molecule has 0 radical (unpaired) electrons. The Kier molecular flexibility index (Phi) is 3.36. The lowest BCUT2D eigenvalue weighted by Crippen LogP contribution is -2.02. The van der Waals surface area contributed by atoms with Crippen molar-refractivity contribution in [1.29, 1.82) is 0 Å².